The lowest BCUT2D eigenvalue weighted by Crippen LogP contribution is -1.99. The maximum atomic E-state index is 11.6. The molecule has 0 aliphatic carbocycles. The number of ketones is 1. The molecule has 2 heterocycles. The summed E-state index contributed by atoms with van der Waals surface area (Å²) in [6.07, 6.45) is 1.62. The van der Waals surface area contributed by atoms with Gasteiger partial charge in [-0.05, 0) is 29.7 Å². The molecule has 84 valence electrons. The lowest BCUT2D eigenvalue weighted by molar-refractivity contribution is 0.101. The second kappa shape index (κ2) is 3.67. The van der Waals surface area contributed by atoms with E-state index in [1.165, 1.54) is 0 Å². The number of carbonyl (C=O) groups excluding carboxylic acids is 1. The first-order valence-corrected chi connectivity index (χ1v) is 6.03. The van der Waals surface area contributed by atoms with Gasteiger partial charge < -0.3 is 0 Å². The Labute approximate surface area is 106 Å². The number of benzene rings is 1. The van der Waals surface area contributed by atoms with Crippen molar-refractivity contribution >= 4 is 38.3 Å². The Bertz CT molecular complexity index is 746. The molecular weight excluding hydrogens is 280 g/mol. The van der Waals surface area contributed by atoms with Gasteiger partial charge in [-0.3, -0.25) is 9.20 Å². The number of aromatic nitrogens is 2. The Hall–Kier alpha value is -1.68. The molecule has 4 heteroatoms. The zero-order chi connectivity index (χ0) is 12.0. The van der Waals surface area contributed by atoms with E-state index in [-0.39, 0.29) is 5.78 Å². The quantitative estimate of drug-likeness (QED) is 0.643. The smallest absolute Gasteiger partial charge is 0.178 e. The Morgan fingerprint density at radius 3 is 2.82 bits per heavy atom. The van der Waals surface area contributed by atoms with Crippen LogP contribution in [0.1, 0.15) is 17.4 Å². The summed E-state index contributed by atoms with van der Waals surface area (Å²) in [7, 11) is 0. The van der Waals surface area contributed by atoms with Gasteiger partial charge >= 0.3 is 0 Å². The van der Waals surface area contributed by atoms with E-state index >= 15 is 0 Å². The van der Waals surface area contributed by atoms with Crippen LogP contribution in [-0.4, -0.2) is 15.2 Å². The Kier molecular flexibility index (Phi) is 2.26. The molecule has 0 N–H and O–H groups in total. The summed E-state index contributed by atoms with van der Waals surface area (Å²) >= 11 is 3.45. The van der Waals surface area contributed by atoms with Crippen LogP contribution in [0.3, 0.4) is 0 Å². The second-order valence-corrected chi connectivity index (χ2v) is 4.85. The van der Waals surface area contributed by atoms with Crippen LogP contribution in [-0.2, 0) is 0 Å². The van der Waals surface area contributed by atoms with Crippen LogP contribution < -0.4 is 0 Å². The Morgan fingerprint density at radius 2 is 2.06 bits per heavy atom. The maximum Gasteiger partial charge on any atom is 0.178 e. The number of Topliss-reactive ketones (excluding diaryl/α,β-unsaturated/α-hetero) is 1. The Morgan fingerprint density at radius 1 is 1.29 bits per heavy atom. The summed E-state index contributed by atoms with van der Waals surface area (Å²) < 4.78 is 2.88. The fourth-order valence-corrected chi connectivity index (χ4v) is 2.35. The highest BCUT2D eigenvalue weighted by molar-refractivity contribution is 9.10. The van der Waals surface area contributed by atoms with Gasteiger partial charge in [-0.15, -0.1) is 0 Å². The van der Waals surface area contributed by atoms with Gasteiger partial charge in [0, 0.05) is 11.4 Å². The van der Waals surface area contributed by atoms with E-state index in [1.807, 2.05) is 34.7 Å². The van der Waals surface area contributed by atoms with Crippen LogP contribution in [0, 0.1) is 0 Å². The van der Waals surface area contributed by atoms with Crippen molar-refractivity contribution in [2.45, 2.75) is 6.92 Å². The third-order valence-electron chi connectivity index (χ3n) is 2.80. The van der Waals surface area contributed by atoms with Gasteiger partial charge in [-0.1, -0.05) is 22.0 Å². The number of carbonyl (C=O) groups is 1. The fourth-order valence-electron chi connectivity index (χ4n) is 2.00. The van der Waals surface area contributed by atoms with E-state index < -0.39 is 0 Å². The Balaban J connectivity index is 2.55. The number of nitrogens with zero attached hydrogens (tertiary/aromatic N) is 2. The van der Waals surface area contributed by atoms with Crippen molar-refractivity contribution in [2.75, 3.05) is 0 Å². The van der Waals surface area contributed by atoms with E-state index in [9.17, 15) is 4.79 Å². The third-order valence-corrected chi connectivity index (χ3v) is 3.29. The normalized spacial score (nSPS) is 11.2. The van der Waals surface area contributed by atoms with Crippen molar-refractivity contribution in [3.8, 4) is 0 Å². The van der Waals surface area contributed by atoms with Gasteiger partial charge in [0.05, 0.1) is 11.7 Å². The monoisotopic (exact) mass is 288 g/mol. The standard InChI is InChI=1S/C13H9BrN2O/c1-8(17)12-7-15-13-5-3-9-2-4-10(14)6-11(9)16(12)13/h2-7H,1H3. The second-order valence-electron chi connectivity index (χ2n) is 3.93. The number of halogens is 1. The molecule has 0 aliphatic heterocycles. The highest BCUT2D eigenvalue weighted by atomic mass is 79.9. The minimum absolute atomic E-state index is 0.0185. The van der Waals surface area contributed by atoms with Crippen LogP contribution in [0.25, 0.3) is 16.6 Å². The molecule has 0 amide bonds. The van der Waals surface area contributed by atoms with Crippen LogP contribution in [0.4, 0.5) is 0 Å². The van der Waals surface area contributed by atoms with Crippen LogP contribution in [0.2, 0.25) is 0 Å². The van der Waals surface area contributed by atoms with E-state index in [1.54, 1.807) is 13.1 Å². The van der Waals surface area contributed by atoms with Crippen molar-refractivity contribution < 1.29 is 4.79 Å². The number of hydrogen-bond donors (Lipinski definition) is 0. The molecular formula is C13H9BrN2O. The highest BCUT2D eigenvalue weighted by Crippen LogP contribution is 2.22. The van der Waals surface area contributed by atoms with Crippen molar-refractivity contribution in [2.24, 2.45) is 0 Å². The first-order valence-electron chi connectivity index (χ1n) is 5.23. The summed E-state index contributed by atoms with van der Waals surface area (Å²) in [5, 5.41) is 1.08. The molecule has 0 fully saturated rings. The minimum Gasteiger partial charge on any atom is -0.293 e. The lowest BCUT2D eigenvalue weighted by Gasteiger charge is -2.05. The molecule has 17 heavy (non-hydrogen) atoms. The molecule has 0 atom stereocenters. The molecule has 0 spiro atoms. The number of pyridine rings is 1. The van der Waals surface area contributed by atoms with Gasteiger partial charge in [0.15, 0.2) is 5.78 Å². The lowest BCUT2D eigenvalue weighted by atomic mass is 10.2. The zero-order valence-electron chi connectivity index (χ0n) is 9.14. The van der Waals surface area contributed by atoms with Gasteiger partial charge in [-0.2, -0.15) is 0 Å². The van der Waals surface area contributed by atoms with Crippen LogP contribution >= 0.6 is 15.9 Å². The first kappa shape index (κ1) is 10.5. The molecule has 3 nitrogen and oxygen atoms in total. The van der Waals surface area contributed by atoms with E-state index in [0.29, 0.717) is 5.69 Å². The van der Waals surface area contributed by atoms with Crippen molar-refractivity contribution in [1.82, 2.24) is 9.38 Å². The van der Waals surface area contributed by atoms with Crippen molar-refractivity contribution in [3.63, 3.8) is 0 Å². The van der Waals surface area contributed by atoms with E-state index in [2.05, 4.69) is 20.9 Å². The number of rotatable bonds is 1. The third kappa shape index (κ3) is 1.56. The van der Waals surface area contributed by atoms with Gasteiger partial charge in [0.2, 0.25) is 0 Å². The first-order chi connectivity index (χ1) is 8.16. The predicted molar refractivity (Wildman–Crippen MR) is 70.4 cm³/mol. The average molecular weight is 289 g/mol. The molecule has 3 rings (SSSR count). The summed E-state index contributed by atoms with van der Waals surface area (Å²) in [6.45, 7) is 1.56. The number of hydrogen-bond acceptors (Lipinski definition) is 2. The van der Waals surface area contributed by atoms with E-state index in [0.717, 1.165) is 21.0 Å². The molecule has 3 aromatic rings. The van der Waals surface area contributed by atoms with Gasteiger partial charge in [0.25, 0.3) is 0 Å². The van der Waals surface area contributed by atoms with Gasteiger partial charge in [-0.25, -0.2) is 4.98 Å². The van der Waals surface area contributed by atoms with Crippen LogP contribution in [0.5, 0.6) is 0 Å². The summed E-state index contributed by atoms with van der Waals surface area (Å²) in [5.41, 5.74) is 2.39. The fraction of sp³-hybridized carbons (Fsp3) is 0.0769. The molecule has 0 saturated carbocycles. The van der Waals surface area contributed by atoms with E-state index in [4.69, 9.17) is 0 Å². The SMILES string of the molecule is CC(=O)c1cnc2ccc3ccc(Br)cc3n12. The molecule has 1 aromatic carbocycles. The molecule has 0 unspecified atom stereocenters. The molecule has 0 aliphatic rings. The topological polar surface area (TPSA) is 34.4 Å². The summed E-state index contributed by atoms with van der Waals surface area (Å²) in [4.78, 5) is 15.8. The summed E-state index contributed by atoms with van der Waals surface area (Å²) in [5.74, 6) is 0.0185. The van der Waals surface area contributed by atoms with Crippen molar-refractivity contribution in [3.05, 3.63) is 46.7 Å². The highest BCUT2D eigenvalue weighted by Gasteiger charge is 2.10. The maximum absolute atomic E-state index is 11.6. The zero-order valence-corrected chi connectivity index (χ0v) is 10.7. The largest absolute Gasteiger partial charge is 0.293 e. The molecule has 2 aromatic heterocycles. The summed E-state index contributed by atoms with van der Waals surface area (Å²) in [6, 6.07) is 9.93. The van der Waals surface area contributed by atoms with Crippen molar-refractivity contribution in [1.29, 1.82) is 0 Å². The molecule has 0 saturated heterocycles. The molecule has 0 radical (unpaired) electrons. The number of fused-ring (bicyclic) bond motifs is 3. The predicted octanol–water partition coefficient (Wildman–Crippen LogP) is 3.45. The molecule has 0 bridgehead atoms. The van der Waals surface area contributed by atoms with Gasteiger partial charge in [0.1, 0.15) is 11.3 Å². The number of imidazole rings is 1. The average Bonchev–Trinajstić information content (AvgIpc) is 2.73. The minimum atomic E-state index is 0.0185. The van der Waals surface area contributed by atoms with Crippen LogP contribution in [0.15, 0.2) is 41.0 Å².